The average Bonchev–Trinajstić information content (AvgIpc) is 2.86. The number of phenols is 1. The second-order valence-corrected chi connectivity index (χ2v) is 9.80. The van der Waals surface area contributed by atoms with Crippen molar-refractivity contribution in [1.29, 1.82) is 5.26 Å². The monoisotopic (exact) mass is 538 g/mol. The molecule has 0 aliphatic heterocycles. The van der Waals surface area contributed by atoms with E-state index < -0.39 is 54.7 Å². The summed E-state index contributed by atoms with van der Waals surface area (Å²) in [4.78, 5) is 52.8. The van der Waals surface area contributed by atoms with Gasteiger partial charge in [0.15, 0.2) is 0 Å². The van der Waals surface area contributed by atoms with Crippen LogP contribution >= 0.6 is 0 Å². The fourth-order valence-electron chi connectivity index (χ4n) is 3.73. The van der Waals surface area contributed by atoms with Gasteiger partial charge < -0.3 is 30.1 Å². The van der Waals surface area contributed by atoms with Crippen molar-refractivity contribution in [3.05, 3.63) is 65.2 Å². The molecule has 39 heavy (non-hydrogen) atoms. The Morgan fingerprint density at radius 3 is 2.33 bits per heavy atom. The van der Waals surface area contributed by atoms with Gasteiger partial charge in [-0.15, -0.1) is 0 Å². The molecule has 11 heteroatoms. The molecule has 3 amide bonds. The molecule has 0 aliphatic rings. The molecule has 0 bridgehead atoms. The molecule has 0 aliphatic carbocycles. The molecule has 208 valence electrons. The lowest BCUT2D eigenvalue weighted by atomic mass is 9.99. The van der Waals surface area contributed by atoms with Crippen LogP contribution in [0.5, 0.6) is 5.75 Å². The number of hydrogen-bond donors (Lipinski definition) is 3. The maximum atomic E-state index is 14.0. The van der Waals surface area contributed by atoms with Gasteiger partial charge in [0.05, 0.1) is 13.2 Å². The molecule has 0 radical (unpaired) electrons. The van der Waals surface area contributed by atoms with Gasteiger partial charge in [0.2, 0.25) is 11.8 Å². The van der Waals surface area contributed by atoms with Crippen molar-refractivity contribution in [1.82, 2.24) is 15.5 Å². The standard InChI is InChI=1S/C28H34N4O7/c1-18-7-6-8-20(15-18)24(25(35)30-17-23(34)38-5)32(14-13-29)26(36)22(31-27(37)39-28(2,3)4)16-19-9-11-21(33)12-10-19/h6-12,15,22,24,33H,14,16-17H2,1-5H3,(H,30,35)(H,31,37). The lowest BCUT2D eigenvalue weighted by Crippen LogP contribution is -2.54. The summed E-state index contributed by atoms with van der Waals surface area (Å²) in [7, 11) is 1.17. The third kappa shape index (κ3) is 9.66. The molecule has 0 saturated heterocycles. The Balaban J connectivity index is 2.52. The number of nitrogens with one attached hydrogen (secondary N) is 2. The number of nitriles is 1. The first kappa shape index (κ1) is 30.6. The normalized spacial score (nSPS) is 12.3. The average molecular weight is 539 g/mol. The Bertz CT molecular complexity index is 1220. The number of alkyl carbamates (subject to hydrolysis) is 1. The molecular formula is C28H34N4O7. The molecule has 2 rings (SSSR count). The van der Waals surface area contributed by atoms with E-state index in [1.165, 1.54) is 19.2 Å². The maximum absolute atomic E-state index is 14.0. The predicted octanol–water partition coefficient (Wildman–Crippen LogP) is 2.52. The van der Waals surface area contributed by atoms with Crippen LogP contribution in [0.3, 0.4) is 0 Å². The summed E-state index contributed by atoms with van der Waals surface area (Å²) in [6.07, 6.45) is -0.885. The largest absolute Gasteiger partial charge is 0.508 e. The molecule has 3 N–H and O–H groups in total. The van der Waals surface area contributed by atoms with E-state index in [1.54, 1.807) is 64.1 Å². The molecule has 0 heterocycles. The smallest absolute Gasteiger partial charge is 0.408 e. The summed E-state index contributed by atoms with van der Waals surface area (Å²) in [5, 5.41) is 24.3. The van der Waals surface area contributed by atoms with Crippen molar-refractivity contribution in [2.75, 3.05) is 20.2 Å². The third-order valence-electron chi connectivity index (χ3n) is 5.44. The first-order valence-corrected chi connectivity index (χ1v) is 12.2. The minimum atomic E-state index is -1.30. The minimum Gasteiger partial charge on any atom is -0.508 e. The van der Waals surface area contributed by atoms with Crippen molar-refractivity contribution in [3.63, 3.8) is 0 Å². The summed E-state index contributed by atoms with van der Waals surface area (Å²) in [5.74, 6) is -2.11. The highest BCUT2D eigenvalue weighted by atomic mass is 16.6. The molecule has 11 nitrogen and oxygen atoms in total. The molecule has 2 aromatic carbocycles. The summed E-state index contributed by atoms with van der Waals surface area (Å²) >= 11 is 0. The highest BCUT2D eigenvalue weighted by molar-refractivity contribution is 5.93. The highest BCUT2D eigenvalue weighted by Gasteiger charge is 2.36. The van der Waals surface area contributed by atoms with Gasteiger partial charge in [-0.1, -0.05) is 42.0 Å². The Morgan fingerprint density at radius 1 is 1.10 bits per heavy atom. The predicted molar refractivity (Wildman–Crippen MR) is 141 cm³/mol. The van der Waals surface area contributed by atoms with Crippen LogP contribution in [0.1, 0.15) is 43.5 Å². The molecule has 0 saturated carbocycles. The second-order valence-electron chi connectivity index (χ2n) is 9.80. The van der Waals surface area contributed by atoms with E-state index in [1.807, 2.05) is 6.07 Å². The van der Waals surface area contributed by atoms with Crippen LogP contribution in [0.4, 0.5) is 4.79 Å². The fraction of sp³-hybridized carbons (Fsp3) is 0.393. The summed E-state index contributed by atoms with van der Waals surface area (Å²) in [6, 6.07) is 12.3. The number of nitrogens with zero attached hydrogens (tertiary/aromatic N) is 2. The number of ether oxygens (including phenoxy) is 2. The summed E-state index contributed by atoms with van der Waals surface area (Å²) in [6.45, 7) is 5.88. The highest BCUT2D eigenvalue weighted by Crippen LogP contribution is 2.24. The number of aryl methyl sites for hydroxylation is 1. The number of aromatic hydroxyl groups is 1. The number of amides is 3. The van der Waals surface area contributed by atoms with Gasteiger partial charge in [0, 0.05) is 6.42 Å². The van der Waals surface area contributed by atoms with Crippen LogP contribution in [0.2, 0.25) is 0 Å². The van der Waals surface area contributed by atoms with E-state index in [0.717, 1.165) is 10.5 Å². The van der Waals surface area contributed by atoms with Crippen LogP contribution < -0.4 is 10.6 Å². The van der Waals surface area contributed by atoms with Crippen molar-refractivity contribution >= 4 is 23.9 Å². The molecule has 0 spiro atoms. The van der Waals surface area contributed by atoms with E-state index in [-0.39, 0.29) is 12.2 Å². The van der Waals surface area contributed by atoms with Gasteiger partial charge in [0.25, 0.3) is 0 Å². The third-order valence-corrected chi connectivity index (χ3v) is 5.44. The van der Waals surface area contributed by atoms with Crippen LogP contribution in [-0.2, 0) is 30.3 Å². The van der Waals surface area contributed by atoms with Crippen molar-refractivity contribution in [3.8, 4) is 11.8 Å². The SMILES string of the molecule is COC(=O)CNC(=O)C(c1cccc(C)c1)N(CC#N)C(=O)C(Cc1ccc(O)cc1)NC(=O)OC(C)(C)C. The molecular weight excluding hydrogens is 504 g/mol. The summed E-state index contributed by atoms with van der Waals surface area (Å²) in [5.41, 5.74) is 0.957. The van der Waals surface area contributed by atoms with Crippen molar-refractivity contribution in [2.45, 2.75) is 51.8 Å². The van der Waals surface area contributed by atoms with Gasteiger partial charge in [-0.3, -0.25) is 14.4 Å². The van der Waals surface area contributed by atoms with Gasteiger partial charge in [0.1, 0.15) is 36.5 Å². The first-order chi connectivity index (χ1) is 18.3. The Labute approximate surface area is 227 Å². The Morgan fingerprint density at radius 2 is 1.77 bits per heavy atom. The lowest BCUT2D eigenvalue weighted by Gasteiger charge is -2.33. The quantitative estimate of drug-likeness (QED) is 0.308. The molecule has 0 aromatic heterocycles. The zero-order valence-corrected chi connectivity index (χ0v) is 22.7. The van der Waals surface area contributed by atoms with Crippen molar-refractivity contribution < 1.29 is 33.8 Å². The number of rotatable bonds is 10. The number of methoxy groups -OCH3 is 1. The number of esters is 1. The van der Waals surface area contributed by atoms with Gasteiger partial charge in [-0.05, 0) is 51.0 Å². The molecule has 2 atom stereocenters. The summed E-state index contributed by atoms with van der Waals surface area (Å²) < 4.78 is 9.94. The topological polar surface area (TPSA) is 158 Å². The van der Waals surface area contributed by atoms with E-state index in [4.69, 9.17) is 4.74 Å². The molecule has 2 aromatic rings. The number of hydrogen-bond acceptors (Lipinski definition) is 8. The molecule has 0 fully saturated rings. The number of carbonyl (C=O) groups is 4. The Hall–Kier alpha value is -4.59. The van der Waals surface area contributed by atoms with Gasteiger partial charge >= 0.3 is 12.1 Å². The fourth-order valence-corrected chi connectivity index (χ4v) is 3.73. The first-order valence-electron chi connectivity index (χ1n) is 12.2. The van der Waals surface area contributed by atoms with Crippen LogP contribution in [0.25, 0.3) is 0 Å². The van der Waals surface area contributed by atoms with E-state index in [9.17, 15) is 29.5 Å². The van der Waals surface area contributed by atoms with Crippen LogP contribution in [-0.4, -0.2) is 65.7 Å². The van der Waals surface area contributed by atoms with Gasteiger partial charge in [-0.2, -0.15) is 5.26 Å². The number of benzene rings is 2. The van der Waals surface area contributed by atoms with Gasteiger partial charge in [-0.25, -0.2) is 4.79 Å². The maximum Gasteiger partial charge on any atom is 0.408 e. The number of carbonyl (C=O) groups excluding carboxylic acids is 4. The van der Waals surface area contributed by atoms with Crippen LogP contribution in [0, 0.1) is 18.3 Å². The zero-order valence-electron chi connectivity index (χ0n) is 22.7. The van der Waals surface area contributed by atoms with E-state index in [2.05, 4.69) is 15.4 Å². The van der Waals surface area contributed by atoms with Crippen LogP contribution in [0.15, 0.2) is 48.5 Å². The zero-order chi connectivity index (χ0) is 29.2. The lowest BCUT2D eigenvalue weighted by molar-refractivity contribution is -0.144. The van der Waals surface area contributed by atoms with E-state index >= 15 is 0 Å². The second kappa shape index (κ2) is 13.8. The molecule has 2 unspecified atom stereocenters. The minimum absolute atomic E-state index is 0.0228. The Kier molecular flexibility index (Phi) is 10.8. The van der Waals surface area contributed by atoms with E-state index in [0.29, 0.717) is 11.1 Å². The number of phenolic OH excluding ortho intramolecular Hbond substituents is 1. The van der Waals surface area contributed by atoms with Crippen molar-refractivity contribution in [2.24, 2.45) is 0 Å².